The minimum Gasteiger partial charge on any atom is -1.00 e. The van der Waals surface area contributed by atoms with E-state index in [2.05, 4.69) is 110 Å². The Hall–Kier alpha value is -1.47. The summed E-state index contributed by atoms with van der Waals surface area (Å²) in [5.41, 5.74) is 0. The van der Waals surface area contributed by atoms with Crippen molar-refractivity contribution in [3.05, 3.63) is 91.0 Å². The van der Waals surface area contributed by atoms with Gasteiger partial charge in [-0.3, -0.25) is 5.32 Å². The highest BCUT2D eigenvalue weighted by atomic mass is 79.9. The van der Waals surface area contributed by atoms with Crippen LogP contribution in [0.4, 0.5) is 0 Å². The van der Waals surface area contributed by atoms with E-state index in [9.17, 15) is 0 Å². The Morgan fingerprint density at radius 3 is 1.24 bits per heavy atom. The fourth-order valence-corrected chi connectivity index (χ4v) is 8.48. The summed E-state index contributed by atoms with van der Waals surface area (Å²) in [7, 11) is 0.320. The lowest BCUT2D eigenvalue weighted by Gasteiger charge is -2.34. The molecule has 3 heteroatoms. The predicted molar refractivity (Wildman–Crippen MR) is 108 cm³/mol. The minimum atomic E-state index is -1.77. The highest BCUT2D eigenvalue weighted by molar-refractivity contribution is 7.96. The highest BCUT2D eigenvalue weighted by Crippen LogP contribution is 2.59. The summed E-state index contributed by atoms with van der Waals surface area (Å²) in [6.45, 7) is 2.28. The molecule has 1 nitrogen and oxygen atoms in total. The molecule has 0 radical (unpaired) electrons. The van der Waals surface area contributed by atoms with Crippen molar-refractivity contribution >= 4 is 23.2 Å². The number of nitrogens with one attached hydrogen (secondary N) is 1. The van der Waals surface area contributed by atoms with E-state index >= 15 is 0 Å². The van der Waals surface area contributed by atoms with Crippen molar-refractivity contribution in [3.8, 4) is 0 Å². The summed E-state index contributed by atoms with van der Waals surface area (Å²) in [6, 6.07) is 33.1. The first kappa shape index (κ1) is 19.8. The zero-order valence-electron chi connectivity index (χ0n) is 14.8. The zero-order valence-corrected chi connectivity index (χ0v) is 17.3. The fraction of sp³-hybridized carbons (Fsp3) is 0.182. The van der Waals surface area contributed by atoms with Crippen LogP contribution in [0.1, 0.15) is 13.3 Å². The van der Waals surface area contributed by atoms with Gasteiger partial charge in [0.05, 0.1) is 0 Å². The largest absolute Gasteiger partial charge is 1.00 e. The van der Waals surface area contributed by atoms with Gasteiger partial charge in [0, 0.05) is 0 Å². The molecular formula is C22H25BrNP. The third-order valence-electron chi connectivity index (χ3n) is 4.68. The smallest absolute Gasteiger partial charge is 0.133 e. The SMILES string of the molecule is CCC(NC)[P+](c1ccccc1)(c1ccccc1)c1ccccc1.[Br-]. The first-order valence-corrected chi connectivity index (χ1v) is 10.4. The molecule has 0 saturated carbocycles. The van der Waals surface area contributed by atoms with Crippen molar-refractivity contribution in [2.24, 2.45) is 0 Å². The van der Waals surface area contributed by atoms with Crippen LogP contribution in [0.3, 0.4) is 0 Å². The van der Waals surface area contributed by atoms with Gasteiger partial charge in [0.15, 0.2) is 0 Å². The highest BCUT2D eigenvalue weighted by Gasteiger charge is 2.51. The van der Waals surface area contributed by atoms with E-state index in [4.69, 9.17) is 0 Å². The van der Waals surface area contributed by atoms with Crippen LogP contribution < -0.4 is 38.2 Å². The first-order valence-electron chi connectivity index (χ1n) is 8.57. The Balaban J connectivity index is 0.00000225. The van der Waals surface area contributed by atoms with Crippen molar-refractivity contribution in [2.75, 3.05) is 7.05 Å². The van der Waals surface area contributed by atoms with Gasteiger partial charge in [-0.15, -0.1) is 0 Å². The van der Waals surface area contributed by atoms with E-state index in [0.717, 1.165) is 6.42 Å². The van der Waals surface area contributed by atoms with Gasteiger partial charge in [0.25, 0.3) is 0 Å². The van der Waals surface area contributed by atoms with Crippen LogP contribution in [-0.2, 0) is 0 Å². The molecule has 130 valence electrons. The molecule has 0 aliphatic rings. The maximum Gasteiger partial charge on any atom is 0.133 e. The Bertz CT molecular complexity index is 646. The van der Waals surface area contributed by atoms with Crippen molar-refractivity contribution in [2.45, 2.75) is 19.1 Å². The second-order valence-corrected chi connectivity index (χ2v) is 9.56. The Morgan fingerprint density at radius 2 is 1.00 bits per heavy atom. The monoisotopic (exact) mass is 413 g/mol. The van der Waals surface area contributed by atoms with Crippen LogP contribution in [-0.4, -0.2) is 12.8 Å². The minimum absolute atomic E-state index is 0. The average Bonchev–Trinajstić information content (AvgIpc) is 2.68. The van der Waals surface area contributed by atoms with E-state index < -0.39 is 7.26 Å². The van der Waals surface area contributed by atoms with Crippen LogP contribution in [0.25, 0.3) is 0 Å². The fourth-order valence-electron chi connectivity index (χ4n) is 3.65. The molecule has 0 fully saturated rings. The lowest BCUT2D eigenvalue weighted by Crippen LogP contribution is -3.00. The van der Waals surface area contributed by atoms with E-state index in [1.807, 2.05) is 0 Å². The van der Waals surface area contributed by atoms with Crippen LogP contribution in [0.15, 0.2) is 91.0 Å². The molecule has 3 aromatic rings. The molecule has 0 spiro atoms. The van der Waals surface area contributed by atoms with Crippen LogP contribution in [0.5, 0.6) is 0 Å². The second-order valence-electron chi connectivity index (χ2n) is 5.94. The second kappa shape index (κ2) is 9.29. The van der Waals surface area contributed by atoms with E-state index in [-0.39, 0.29) is 17.0 Å². The van der Waals surface area contributed by atoms with Crippen molar-refractivity contribution in [1.29, 1.82) is 0 Å². The zero-order chi connectivity index (χ0) is 16.8. The number of rotatable bonds is 6. The molecule has 0 aliphatic heterocycles. The molecule has 3 aromatic carbocycles. The Labute approximate surface area is 162 Å². The van der Waals surface area contributed by atoms with Crippen LogP contribution in [0.2, 0.25) is 0 Å². The van der Waals surface area contributed by atoms with E-state index in [0.29, 0.717) is 5.78 Å². The molecule has 0 amide bonds. The molecule has 0 heterocycles. The average molecular weight is 414 g/mol. The summed E-state index contributed by atoms with van der Waals surface area (Å²) >= 11 is 0. The Morgan fingerprint density at radius 1 is 0.680 bits per heavy atom. The van der Waals surface area contributed by atoms with Gasteiger partial charge in [-0.25, -0.2) is 0 Å². The molecule has 1 atom stereocenters. The predicted octanol–water partition coefficient (Wildman–Crippen LogP) is 0.940. The van der Waals surface area contributed by atoms with Gasteiger partial charge >= 0.3 is 0 Å². The van der Waals surface area contributed by atoms with Gasteiger partial charge in [0.1, 0.15) is 29.0 Å². The van der Waals surface area contributed by atoms with Gasteiger partial charge in [-0.1, -0.05) is 61.5 Å². The summed E-state index contributed by atoms with van der Waals surface area (Å²) in [5.74, 6) is 0.407. The summed E-state index contributed by atoms with van der Waals surface area (Å²) in [5, 5.41) is 7.94. The molecule has 0 aliphatic carbocycles. The maximum atomic E-state index is 3.64. The summed E-state index contributed by atoms with van der Waals surface area (Å²) in [6.07, 6.45) is 1.09. The van der Waals surface area contributed by atoms with Crippen molar-refractivity contribution in [1.82, 2.24) is 5.32 Å². The third-order valence-corrected chi connectivity index (χ3v) is 9.57. The van der Waals surface area contributed by atoms with Crippen LogP contribution in [0, 0.1) is 0 Å². The number of benzene rings is 3. The molecule has 0 saturated heterocycles. The van der Waals surface area contributed by atoms with Crippen LogP contribution >= 0.6 is 7.26 Å². The molecule has 0 aromatic heterocycles. The molecular weight excluding hydrogens is 389 g/mol. The lowest BCUT2D eigenvalue weighted by molar-refractivity contribution is -0.00000478. The Kier molecular flexibility index (Phi) is 7.38. The number of hydrogen-bond donors (Lipinski definition) is 1. The van der Waals surface area contributed by atoms with Crippen molar-refractivity contribution in [3.63, 3.8) is 0 Å². The molecule has 1 unspecified atom stereocenters. The quantitative estimate of drug-likeness (QED) is 0.593. The maximum absolute atomic E-state index is 3.64. The molecule has 25 heavy (non-hydrogen) atoms. The van der Waals surface area contributed by atoms with E-state index in [1.54, 1.807) is 0 Å². The lowest BCUT2D eigenvalue weighted by atomic mass is 10.3. The third kappa shape index (κ3) is 3.72. The van der Waals surface area contributed by atoms with Gasteiger partial charge in [-0.2, -0.15) is 0 Å². The summed E-state index contributed by atoms with van der Waals surface area (Å²) < 4.78 is 0. The molecule has 3 rings (SSSR count). The number of halogens is 1. The van der Waals surface area contributed by atoms with Gasteiger partial charge in [0.2, 0.25) is 0 Å². The normalized spacial score (nSPS) is 12.2. The van der Waals surface area contributed by atoms with E-state index in [1.165, 1.54) is 15.9 Å². The molecule has 1 N–H and O–H groups in total. The standard InChI is InChI=1S/C22H25NP.BrH/c1-3-22(23-2)24(19-13-7-4-8-14-19,20-15-9-5-10-16-20)21-17-11-6-12-18-21;/h4-18,22-23H,3H2,1-2H3;1H/q+1;/p-1. The van der Waals surface area contributed by atoms with Gasteiger partial charge in [-0.05, 0) is 49.9 Å². The number of hydrogen-bond acceptors (Lipinski definition) is 1. The molecule has 0 bridgehead atoms. The topological polar surface area (TPSA) is 12.0 Å². The van der Waals surface area contributed by atoms with Gasteiger partial charge < -0.3 is 17.0 Å². The summed E-state index contributed by atoms with van der Waals surface area (Å²) in [4.78, 5) is 0. The van der Waals surface area contributed by atoms with Crippen molar-refractivity contribution < 1.29 is 17.0 Å². The first-order chi connectivity index (χ1) is 11.8.